The topological polar surface area (TPSA) is 20.2 Å². The van der Waals surface area contributed by atoms with Crippen LogP contribution in [-0.2, 0) is 6.42 Å². The highest BCUT2D eigenvalue weighted by Gasteiger charge is 2.18. The molecule has 0 aromatic heterocycles. The second-order valence-electron chi connectivity index (χ2n) is 6.56. The van der Waals surface area contributed by atoms with Gasteiger partial charge < -0.3 is 5.11 Å². The summed E-state index contributed by atoms with van der Waals surface area (Å²) in [5.74, 6) is 0.558. The first-order chi connectivity index (χ1) is 8.28. The van der Waals surface area contributed by atoms with Crippen LogP contribution in [-0.4, -0.2) is 11.2 Å². The summed E-state index contributed by atoms with van der Waals surface area (Å²) in [6.07, 6.45) is 2.51. The van der Waals surface area contributed by atoms with Crippen LogP contribution < -0.4 is 0 Å². The number of aliphatic hydroxyl groups is 1. The lowest BCUT2D eigenvalue weighted by Crippen LogP contribution is -2.19. The van der Waals surface area contributed by atoms with Gasteiger partial charge in [0.1, 0.15) is 0 Å². The zero-order valence-corrected chi connectivity index (χ0v) is 13.5. The van der Waals surface area contributed by atoms with Gasteiger partial charge in [-0.05, 0) is 42.2 Å². The number of aliphatic hydroxyl groups excluding tert-OH is 1. The van der Waals surface area contributed by atoms with E-state index in [2.05, 4.69) is 49.7 Å². The molecule has 0 fully saturated rings. The third-order valence-electron chi connectivity index (χ3n) is 3.05. The standard InChI is InChI=1S/C16H25BrO/c1-12(11-16(2,3)4)9-14(18)10-13-7-5-6-8-15(13)17/h5-8,12,14,18H,9-11H2,1-4H3. The molecule has 1 aromatic rings. The summed E-state index contributed by atoms with van der Waals surface area (Å²) < 4.78 is 1.09. The van der Waals surface area contributed by atoms with Gasteiger partial charge in [-0.25, -0.2) is 0 Å². The van der Waals surface area contributed by atoms with E-state index in [9.17, 15) is 5.11 Å². The van der Waals surface area contributed by atoms with E-state index in [1.54, 1.807) is 0 Å². The minimum atomic E-state index is -0.249. The molecule has 2 unspecified atom stereocenters. The Balaban J connectivity index is 2.47. The summed E-state index contributed by atoms with van der Waals surface area (Å²) in [7, 11) is 0. The molecular formula is C16H25BrO. The molecule has 0 aliphatic rings. The molecule has 0 spiro atoms. The Kier molecular flexibility index (Phi) is 5.87. The molecule has 0 radical (unpaired) electrons. The van der Waals surface area contributed by atoms with Crippen molar-refractivity contribution in [2.24, 2.45) is 11.3 Å². The smallest absolute Gasteiger partial charge is 0.0583 e. The van der Waals surface area contributed by atoms with Crippen molar-refractivity contribution in [3.63, 3.8) is 0 Å². The van der Waals surface area contributed by atoms with Crippen molar-refractivity contribution in [3.8, 4) is 0 Å². The fourth-order valence-electron chi connectivity index (χ4n) is 2.59. The van der Waals surface area contributed by atoms with Gasteiger partial charge in [0.05, 0.1) is 6.10 Å². The van der Waals surface area contributed by atoms with E-state index < -0.39 is 0 Å². The third kappa shape index (κ3) is 6.01. The molecule has 102 valence electrons. The van der Waals surface area contributed by atoms with Gasteiger partial charge in [-0.15, -0.1) is 0 Å². The van der Waals surface area contributed by atoms with Crippen LogP contribution in [0.2, 0.25) is 0 Å². The van der Waals surface area contributed by atoms with E-state index in [1.165, 1.54) is 5.56 Å². The predicted molar refractivity (Wildman–Crippen MR) is 81.7 cm³/mol. The van der Waals surface area contributed by atoms with Crippen molar-refractivity contribution >= 4 is 15.9 Å². The van der Waals surface area contributed by atoms with Crippen LogP contribution in [0.15, 0.2) is 28.7 Å². The summed E-state index contributed by atoms with van der Waals surface area (Å²) in [6, 6.07) is 8.12. The van der Waals surface area contributed by atoms with Crippen molar-refractivity contribution < 1.29 is 5.11 Å². The molecule has 2 heteroatoms. The van der Waals surface area contributed by atoms with E-state index >= 15 is 0 Å². The van der Waals surface area contributed by atoms with E-state index in [4.69, 9.17) is 0 Å². The molecule has 1 N–H and O–H groups in total. The average Bonchev–Trinajstić information content (AvgIpc) is 2.18. The zero-order valence-electron chi connectivity index (χ0n) is 11.9. The van der Waals surface area contributed by atoms with Crippen molar-refractivity contribution in [1.82, 2.24) is 0 Å². The molecule has 0 saturated carbocycles. The van der Waals surface area contributed by atoms with E-state index in [0.29, 0.717) is 11.3 Å². The molecule has 0 bridgehead atoms. The average molecular weight is 313 g/mol. The van der Waals surface area contributed by atoms with Gasteiger partial charge in [0.2, 0.25) is 0 Å². The van der Waals surface area contributed by atoms with Crippen molar-refractivity contribution in [2.75, 3.05) is 0 Å². The van der Waals surface area contributed by atoms with Gasteiger partial charge in [0.15, 0.2) is 0 Å². The van der Waals surface area contributed by atoms with Crippen LogP contribution in [0.1, 0.15) is 46.1 Å². The Labute approximate surface area is 120 Å². The number of hydrogen-bond donors (Lipinski definition) is 1. The van der Waals surface area contributed by atoms with Crippen LogP contribution in [0, 0.1) is 11.3 Å². The highest BCUT2D eigenvalue weighted by atomic mass is 79.9. The van der Waals surface area contributed by atoms with Gasteiger partial charge in [-0.2, -0.15) is 0 Å². The lowest BCUT2D eigenvalue weighted by Gasteiger charge is -2.25. The van der Waals surface area contributed by atoms with Crippen LogP contribution >= 0.6 is 15.9 Å². The van der Waals surface area contributed by atoms with Gasteiger partial charge in [-0.1, -0.05) is 61.8 Å². The summed E-state index contributed by atoms with van der Waals surface area (Å²) in [5.41, 5.74) is 1.53. The summed E-state index contributed by atoms with van der Waals surface area (Å²) in [5, 5.41) is 10.2. The molecule has 1 aromatic carbocycles. The summed E-state index contributed by atoms with van der Waals surface area (Å²) in [6.45, 7) is 8.99. The predicted octanol–water partition coefficient (Wildman–Crippen LogP) is 4.81. The molecule has 0 aliphatic carbocycles. The molecule has 1 rings (SSSR count). The molecular weight excluding hydrogens is 288 g/mol. The first-order valence-electron chi connectivity index (χ1n) is 6.69. The lowest BCUT2D eigenvalue weighted by atomic mass is 9.83. The third-order valence-corrected chi connectivity index (χ3v) is 3.82. The number of halogens is 1. The SMILES string of the molecule is CC(CC(O)Cc1ccccc1Br)CC(C)(C)C. The summed E-state index contributed by atoms with van der Waals surface area (Å²) >= 11 is 3.53. The first kappa shape index (κ1) is 15.7. The van der Waals surface area contributed by atoms with Crippen molar-refractivity contribution in [2.45, 2.75) is 53.1 Å². The molecule has 2 atom stereocenters. The van der Waals surface area contributed by atoms with Gasteiger partial charge in [-0.3, -0.25) is 0 Å². The van der Waals surface area contributed by atoms with Gasteiger partial charge >= 0.3 is 0 Å². The van der Waals surface area contributed by atoms with E-state index in [1.807, 2.05) is 18.2 Å². The molecule has 0 amide bonds. The van der Waals surface area contributed by atoms with Gasteiger partial charge in [0.25, 0.3) is 0 Å². The fourth-order valence-corrected chi connectivity index (χ4v) is 3.04. The van der Waals surface area contributed by atoms with Crippen molar-refractivity contribution in [3.05, 3.63) is 34.3 Å². The first-order valence-corrected chi connectivity index (χ1v) is 7.48. The van der Waals surface area contributed by atoms with E-state index in [-0.39, 0.29) is 6.10 Å². The van der Waals surface area contributed by atoms with Crippen molar-refractivity contribution in [1.29, 1.82) is 0 Å². The maximum absolute atomic E-state index is 10.2. The van der Waals surface area contributed by atoms with Crippen LogP contribution in [0.3, 0.4) is 0 Å². The van der Waals surface area contributed by atoms with Crippen LogP contribution in [0.5, 0.6) is 0 Å². The fraction of sp³-hybridized carbons (Fsp3) is 0.625. The molecule has 1 nitrogen and oxygen atoms in total. The Morgan fingerprint density at radius 3 is 2.39 bits per heavy atom. The Bertz CT molecular complexity index is 368. The molecule has 0 heterocycles. The maximum Gasteiger partial charge on any atom is 0.0583 e. The monoisotopic (exact) mass is 312 g/mol. The second-order valence-corrected chi connectivity index (χ2v) is 7.41. The number of hydrogen-bond acceptors (Lipinski definition) is 1. The van der Waals surface area contributed by atoms with Gasteiger partial charge in [0, 0.05) is 4.47 Å². The highest BCUT2D eigenvalue weighted by Crippen LogP contribution is 2.27. The Hall–Kier alpha value is -0.340. The van der Waals surface area contributed by atoms with Crippen LogP contribution in [0.25, 0.3) is 0 Å². The normalized spacial score (nSPS) is 15.4. The minimum absolute atomic E-state index is 0.249. The zero-order chi connectivity index (χ0) is 13.8. The Morgan fingerprint density at radius 1 is 1.22 bits per heavy atom. The minimum Gasteiger partial charge on any atom is -0.393 e. The second kappa shape index (κ2) is 6.72. The number of benzene rings is 1. The largest absolute Gasteiger partial charge is 0.393 e. The quantitative estimate of drug-likeness (QED) is 0.826. The lowest BCUT2D eigenvalue weighted by molar-refractivity contribution is 0.132. The summed E-state index contributed by atoms with van der Waals surface area (Å²) in [4.78, 5) is 0. The van der Waals surface area contributed by atoms with E-state index in [0.717, 1.165) is 23.7 Å². The molecule has 0 saturated heterocycles. The van der Waals surface area contributed by atoms with Crippen LogP contribution in [0.4, 0.5) is 0 Å². The Morgan fingerprint density at radius 2 is 1.83 bits per heavy atom. The molecule has 18 heavy (non-hydrogen) atoms. The number of rotatable bonds is 5. The highest BCUT2D eigenvalue weighted by molar-refractivity contribution is 9.10. The molecule has 0 aliphatic heterocycles. The maximum atomic E-state index is 10.2.